The molecule has 2 amide bonds. The number of nitrogens with one attached hydrogen (secondary N) is 1. The molecule has 0 aromatic heterocycles. The standard InChI is InChI=1S/C22H27BClFN2O4/c1-21(2)22(3,4)31-23(30-21)15-6-11-19(18(25)14-15)26-20(28)27(12-13-29-5)17-9-7-16(24)8-10-17/h6-11,14H,12-13H2,1-5H3,(H,26,28). The maximum atomic E-state index is 14.8. The molecule has 0 aliphatic carbocycles. The van der Waals surface area contributed by atoms with Crippen molar-refractivity contribution in [2.24, 2.45) is 0 Å². The van der Waals surface area contributed by atoms with Gasteiger partial charge in [0.05, 0.1) is 30.0 Å². The molecule has 0 radical (unpaired) electrons. The third-order valence-corrected chi connectivity index (χ3v) is 5.91. The topological polar surface area (TPSA) is 60.0 Å². The van der Waals surface area contributed by atoms with Gasteiger partial charge in [-0.05, 0) is 69.6 Å². The highest BCUT2D eigenvalue weighted by molar-refractivity contribution is 6.62. The maximum absolute atomic E-state index is 14.8. The van der Waals surface area contributed by atoms with Gasteiger partial charge in [-0.25, -0.2) is 9.18 Å². The molecule has 1 aliphatic heterocycles. The monoisotopic (exact) mass is 448 g/mol. The van der Waals surface area contributed by atoms with Crippen LogP contribution < -0.4 is 15.7 Å². The molecule has 2 aromatic carbocycles. The van der Waals surface area contributed by atoms with Crippen LogP contribution in [0.2, 0.25) is 5.02 Å². The molecule has 0 unspecified atom stereocenters. The molecular formula is C22H27BClFN2O4. The van der Waals surface area contributed by atoms with Crippen LogP contribution in [0.1, 0.15) is 27.7 Å². The van der Waals surface area contributed by atoms with E-state index in [4.69, 9.17) is 25.6 Å². The molecule has 3 rings (SSSR count). The van der Waals surface area contributed by atoms with Crippen LogP contribution in [-0.4, -0.2) is 44.6 Å². The number of halogens is 2. The third kappa shape index (κ3) is 5.21. The van der Waals surface area contributed by atoms with E-state index < -0.39 is 30.2 Å². The van der Waals surface area contributed by atoms with E-state index in [1.807, 2.05) is 27.7 Å². The number of nitrogens with zero attached hydrogens (tertiary/aromatic N) is 1. The van der Waals surface area contributed by atoms with Gasteiger partial charge in [0, 0.05) is 17.8 Å². The normalized spacial score (nSPS) is 16.9. The summed E-state index contributed by atoms with van der Waals surface area (Å²) in [5, 5.41) is 3.18. The molecule has 0 spiro atoms. The molecule has 0 bridgehead atoms. The highest BCUT2D eigenvalue weighted by atomic mass is 35.5. The first-order valence-corrected chi connectivity index (χ1v) is 10.4. The van der Waals surface area contributed by atoms with Crippen molar-refractivity contribution in [3.63, 3.8) is 0 Å². The van der Waals surface area contributed by atoms with Crippen molar-refractivity contribution in [2.45, 2.75) is 38.9 Å². The van der Waals surface area contributed by atoms with Gasteiger partial charge in [0.25, 0.3) is 0 Å². The van der Waals surface area contributed by atoms with Crippen LogP contribution in [-0.2, 0) is 14.0 Å². The van der Waals surface area contributed by atoms with Crippen molar-refractivity contribution in [2.75, 3.05) is 30.5 Å². The fourth-order valence-electron chi connectivity index (χ4n) is 3.09. The Bertz CT molecular complexity index is 924. The Hall–Kier alpha value is -2.13. The summed E-state index contributed by atoms with van der Waals surface area (Å²) in [5.41, 5.74) is 0.168. The predicted molar refractivity (Wildman–Crippen MR) is 122 cm³/mol. The van der Waals surface area contributed by atoms with Crippen LogP contribution in [0.25, 0.3) is 0 Å². The largest absolute Gasteiger partial charge is 0.494 e. The highest BCUT2D eigenvalue weighted by Gasteiger charge is 2.51. The van der Waals surface area contributed by atoms with Crippen LogP contribution in [0.15, 0.2) is 42.5 Å². The second-order valence-electron chi connectivity index (χ2n) is 8.38. The van der Waals surface area contributed by atoms with Gasteiger partial charge in [0.15, 0.2) is 0 Å². The van der Waals surface area contributed by atoms with E-state index >= 15 is 0 Å². The molecule has 6 nitrogen and oxygen atoms in total. The molecule has 31 heavy (non-hydrogen) atoms. The van der Waals surface area contributed by atoms with E-state index in [0.29, 0.717) is 22.8 Å². The molecule has 2 aromatic rings. The van der Waals surface area contributed by atoms with Gasteiger partial charge in [-0.15, -0.1) is 0 Å². The Morgan fingerprint density at radius 2 is 1.74 bits per heavy atom. The van der Waals surface area contributed by atoms with E-state index in [9.17, 15) is 9.18 Å². The second kappa shape index (κ2) is 9.16. The number of carbonyl (C=O) groups excluding carboxylic acids is 1. The SMILES string of the molecule is COCCN(C(=O)Nc1ccc(B2OC(C)(C)C(C)(C)O2)cc1F)c1ccc(Cl)cc1. The Balaban J connectivity index is 1.76. The van der Waals surface area contributed by atoms with Crippen molar-refractivity contribution in [3.05, 3.63) is 53.3 Å². The Kier molecular flexibility index (Phi) is 6.96. The number of ether oxygens (including phenoxy) is 1. The molecule has 1 N–H and O–H groups in total. The first-order valence-electron chi connectivity index (χ1n) is 10.0. The molecule has 166 valence electrons. The Labute approximate surface area is 187 Å². The number of amides is 2. The van der Waals surface area contributed by atoms with Gasteiger partial charge in [0.1, 0.15) is 5.82 Å². The Morgan fingerprint density at radius 3 is 2.29 bits per heavy atom. The van der Waals surface area contributed by atoms with Crippen LogP contribution >= 0.6 is 11.6 Å². The van der Waals surface area contributed by atoms with Crippen molar-refractivity contribution < 1.29 is 23.2 Å². The summed E-state index contributed by atoms with van der Waals surface area (Å²) in [6.45, 7) is 8.34. The van der Waals surface area contributed by atoms with Gasteiger partial charge in [-0.2, -0.15) is 0 Å². The van der Waals surface area contributed by atoms with E-state index in [2.05, 4.69) is 5.32 Å². The van der Waals surface area contributed by atoms with Gasteiger partial charge < -0.3 is 19.4 Å². The van der Waals surface area contributed by atoms with Crippen molar-refractivity contribution in [1.29, 1.82) is 0 Å². The van der Waals surface area contributed by atoms with Crippen molar-refractivity contribution in [1.82, 2.24) is 0 Å². The predicted octanol–water partition coefficient (Wildman–Crippen LogP) is 4.46. The molecule has 1 heterocycles. The molecule has 9 heteroatoms. The summed E-state index contributed by atoms with van der Waals surface area (Å²) in [6.07, 6.45) is 0. The zero-order valence-corrected chi connectivity index (χ0v) is 19.1. The number of rotatable bonds is 6. The minimum Gasteiger partial charge on any atom is -0.399 e. The lowest BCUT2D eigenvalue weighted by molar-refractivity contribution is 0.00578. The molecule has 1 fully saturated rings. The number of benzene rings is 2. The lowest BCUT2D eigenvalue weighted by atomic mass is 9.79. The van der Waals surface area contributed by atoms with Crippen LogP contribution in [0.4, 0.5) is 20.6 Å². The summed E-state index contributed by atoms with van der Waals surface area (Å²) in [6, 6.07) is 10.8. The number of anilines is 2. The smallest absolute Gasteiger partial charge is 0.399 e. The fourth-order valence-corrected chi connectivity index (χ4v) is 3.22. The summed E-state index contributed by atoms with van der Waals surface area (Å²) >= 11 is 5.94. The number of hydrogen-bond donors (Lipinski definition) is 1. The average Bonchev–Trinajstić information content (AvgIpc) is 2.92. The van der Waals surface area contributed by atoms with Crippen LogP contribution in [0.3, 0.4) is 0 Å². The zero-order chi connectivity index (χ0) is 22.8. The number of methoxy groups -OCH3 is 1. The Morgan fingerprint density at radius 1 is 1.13 bits per heavy atom. The molecule has 1 saturated heterocycles. The quantitative estimate of drug-likeness (QED) is 0.663. The summed E-state index contributed by atoms with van der Waals surface area (Å²) < 4.78 is 31.9. The first kappa shape index (κ1) is 23.5. The summed E-state index contributed by atoms with van der Waals surface area (Å²) in [5.74, 6) is -0.580. The summed E-state index contributed by atoms with van der Waals surface area (Å²) in [4.78, 5) is 14.3. The van der Waals surface area contributed by atoms with Crippen molar-refractivity contribution in [3.8, 4) is 0 Å². The number of carbonyl (C=O) groups is 1. The van der Waals surface area contributed by atoms with E-state index in [-0.39, 0.29) is 12.2 Å². The van der Waals surface area contributed by atoms with Crippen molar-refractivity contribution >= 4 is 41.6 Å². The number of urea groups is 1. The van der Waals surface area contributed by atoms with E-state index in [0.717, 1.165) is 0 Å². The van der Waals surface area contributed by atoms with E-state index in [1.54, 1.807) is 37.4 Å². The van der Waals surface area contributed by atoms with Gasteiger partial charge in [-0.3, -0.25) is 4.90 Å². The minimum absolute atomic E-state index is 0.0571. The molecule has 0 saturated carbocycles. The molecule has 0 atom stereocenters. The number of hydrogen-bond acceptors (Lipinski definition) is 4. The summed E-state index contributed by atoms with van der Waals surface area (Å²) in [7, 11) is 0.864. The highest BCUT2D eigenvalue weighted by Crippen LogP contribution is 2.36. The third-order valence-electron chi connectivity index (χ3n) is 5.66. The van der Waals surface area contributed by atoms with Crippen LogP contribution in [0.5, 0.6) is 0 Å². The van der Waals surface area contributed by atoms with Gasteiger partial charge >= 0.3 is 13.1 Å². The molecular weight excluding hydrogens is 422 g/mol. The lowest BCUT2D eigenvalue weighted by Gasteiger charge is -2.32. The van der Waals surface area contributed by atoms with Gasteiger partial charge in [-0.1, -0.05) is 17.7 Å². The lowest BCUT2D eigenvalue weighted by Crippen LogP contribution is -2.41. The second-order valence-corrected chi connectivity index (χ2v) is 8.81. The molecule has 1 aliphatic rings. The maximum Gasteiger partial charge on any atom is 0.494 e. The fraction of sp³-hybridized carbons (Fsp3) is 0.409. The zero-order valence-electron chi connectivity index (χ0n) is 18.4. The van der Waals surface area contributed by atoms with Crippen LogP contribution in [0, 0.1) is 5.82 Å². The average molecular weight is 449 g/mol. The first-order chi connectivity index (χ1) is 14.5. The van der Waals surface area contributed by atoms with E-state index in [1.165, 1.54) is 17.0 Å². The minimum atomic E-state index is -0.684. The van der Waals surface area contributed by atoms with Gasteiger partial charge in [0.2, 0.25) is 0 Å².